The number of nitrogens with zero attached hydrogens (tertiary/aromatic N) is 1. The van der Waals surface area contributed by atoms with E-state index in [9.17, 15) is 14.7 Å². The van der Waals surface area contributed by atoms with Crippen molar-refractivity contribution in [1.29, 1.82) is 0 Å². The third-order valence-electron chi connectivity index (χ3n) is 8.50. The number of carbonyl (C=O) groups is 2. The summed E-state index contributed by atoms with van der Waals surface area (Å²) in [4.78, 5) is 27.1. The molecule has 0 aliphatic carbocycles. The maximum atomic E-state index is 13.6. The molecule has 8 heteroatoms. The molecule has 39 heavy (non-hydrogen) atoms. The van der Waals surface area contributed by atoms with E-state index in [-0.39, 0.29) is 12.0 Å². The lowest BCUT2D eigenvalue weighted by Crippen LogP contribution is -2.56. The van der Waals surface area contributed by atoms with Gasteiger partial charge in [-0.3, -0.25) is 4.90 Å². The number of hydrogen-bond donors (Lipinski definition) is 1. The van der Waals surface area contributed by atoms with Crippen molar-refractivity contribution in [2.75, 3.05) is 7.11 Å². The van der Waals surface area contributed by atoms with Gasteiger partial charge in [0, 0.05) is 5.54 Å². The van der Waals surface area contributed by atoms with E-state index in [1.165, 1.54) is 10.5 Å². The highest BCUT2D eigenvalue weighted by Gasteiger charge is 2.50. The number of benzene rings is 1. The van der Waals surface area contributed by atoms with Crippen molar-refractivity contribution < 1.29 is 28.6 Å². The highest BCUT2D eigenvalue weighted by molar-refractivity contribution is 6.77. The maximum Gasteiger partial charge on any atom is 0.408 e. The van der Waals surface area contributed by atoms with E-state index in [2.05, 4.69) is 53.7 Å². The smallest absolute Gasteiger partial charge is 0.408 e. The summed E-state index contributed by atoms with van der Waals surface area (Å²) in [6.45, 7) is 21.0. The number of amides is 1. The third kappa shape index (κ3) is 7.78. The molecule has 0 bridgehead atoms. The van der Waals surface area contributed by atoms with E-state index < -0.39 is 38.1 Å². The van der Waals surface area contributed by atoms with E-state index in [1.807, 2.05) is 39.8 Å². The summed E-state index contributed by atoms with van der Waals surface area (Å²) in [6.07, 6.45) is 0.799. The van der Waals surface area contributed by atoms with Crippen molar-refractivity contribution in [3.8, 4) is 5.75 Å². The van der Waals surface area contributed by atoms with Gasteiger partial charge in [-0.2, -0.15) is 0 Å². The second kappa shape index (κ2) is 13.5. The van der Waals surface area contributed by atoms with Gasteiger partial charge in [0.15, 0.2) is 0 Å². The van der Waals surface area contributed by atoms with Crippen LogP contribution in [0.2, 0.25) is 16.6 Å². The molecule has 222 valence electrons. The Kier molecular flexibility index (Phi) is 11.5. The standard InChI is InChI=1S/C31H53NO6Si/c1-20(2)39(21(3)4,22(5)6)38-28-23(7)37-29(33)27(32(30(34)35)31(8,9)10)14-12-13-25(28)19-24-15-17-26(36-11)18-16-24/h15-18,20-23,25,27-28H,12-14,19H2,1-11H3,(H,34,35)/t23-,25+,27-,28-/m0/s1. The average molecular weight is 564 g/mol. The van der Waals surface area contributed by atoms with E-state index in [4.69, 9.17) is 13.9 Å². The Morgan fingerprint density at radius 2 is 1.59 bits per heavy atom. The lowest BCUT2D eigenvalue weighted by molar-refractivity contribution is -0.161. The van der Waals surface area contributed by atoms with Gasteiger partial charge in [0.25, 0.3) is 0 Å². The molecular weight excluding hydrogens is 510 g/mol. The summed E-state index contributed by atoms with van der Waals surface area (Å²) in [5, 5.41) is 10.0. The van der Waals surface area contributed by atoms with Gasteiger partial charge in [0.1, 0.15) is 17.9 Å². The monoisotopic (exact) mass is 563 g/mol. The predicted molar refractivity (Wildman–Crippen MR) is 159 cm³/mol. The highest BCUT2D eigenvalue weighted by Crippen LogP contribution is 2.45. The van der Waals surface area contributed by atoms with Gasteiger partial charge in [-0.25, -0.2) is 9.59 Å². The Hall–Kier alpha value is -2.06. The average Bonchev–Trinajstić information content (AvgIpc) is 2.86. The Morgan fingerprint density at radius 1 is 1.05 bits per heavy atom. The van der Waals surface area contributed by atoms with Crippen LogP contribution >= 0.6 is 0 Å². The fourth-order valence-electron chi connectivity index (χ4n) is 6.81. The van der Waals surface area contributed by atoms with Gasteiger partial charge in [0.05, 0.1) is 13.2 Å². The summed E-state index contributed by atoms with van der Waals surface area (Å²) in [5.41, 5.74) is 1.58. The summed E-state index contributed by atoms with van der Waals surface area (Å²) in [7, 11) is -0.648. The number of carboxylic acid groups (broad SMARTS) is 1. The molecular formula is C31H53NO6Si. The lowest BCUT2D eigenvalue weighted by Gasteiger charge is -2.47. The second-order valence-corrected chi connectivity index (χ2v) is 18.5. The van der Waals surface area contributed by atoms with Gasteiger partial charge in [-0.15, -0.1) is 0 Å². The zero-order valence-corrected chi connectivity index (χ0v) is 27.1. The van der Waals surface area contributed by atoms with Crippen molar-refractivity contribution in [3.05, 3.63) is 29.8 Å². The van der Waals surface area contributed by atoms with Crippen LogP contribution in [0.4, 0.5) is 4.79 Å². The normalized spacial score (nSPS) is 23.3. The van der Waals surface area contributed by atoms with Gasteiger partial charge < -0.3 is 19.0 Å². The van der Waals surface area contributed by atoms with Crippen LogP contribution in [0.1, 0.15) is 94.1 Å². The molecule has 0 unspecified atom stereocenters. The highest BCUT2D eigenvalue weighted by atomic mass is 28.4. The minimum absolute atomic E-state index is 0.107. The Balaban J connectivity index is 2.56. The SMILES string of the molecule is COc1ccc(C[C@H]2CCC[C@H](N(C(=O)O)C(C)(C)C)C(=O)O[C@@H](C)[C@@H]2O[Si](C(C)C)(C(C)C)C(C)C)cc1. The molecule has 1 saturated heterocycles. The first-order chi connectivity index (χ1) is 18.1. The van der Waals surface area contributed by atoms with Crippen molar-refractivity contribution in [2.45, 2.75) is 135 Å². The molecule has 0 radical (unpaired) electrons. The van der Waals surface area contributed by atoms with Crippen LogP contribution in [0.3, 0.4) is 0 Å². The first-order valence-electron chi connectivity index (χ1n) is 14.6. The van der Waals surface area contributed by atoms with Crippen LogP contribution in [0.15, 0.2) is 24.3 Å². The summed E-state index contributed by atoms with van der Waals surface area (Å²) < 4.78 is 18.9. The van der Waals surface area contributed by atoms with Gasteiger partial charge in [-0.05, 0) is 87.2 Å². The quantitative estimate of drug-likeness (QED) is 0.245. The van der Waals surface area contributed by atoms with E-state index >= 15 is 0 Å². The van der Waals surface area contributed by atoms with E-state index in [0.717, 1.165) is 18.6 Å². The molecule has 1 N–H and O–H groups in total. The molecule has 1 fully saturated rings. The number of carbonyl (C=O) groups excluding carboxylic acids is 1. The summed E-state index contributed by atoms with van der Waals surface area (Å²) in [5.74, 6) is 0.438. The van der Waals surface area contributed by atoms with E-state index in [0.29, 0.717) is 29.5 Å². The number of cyclic esters (lactones) is 1. The number of methoxy groups -OCH3 is 1. The molecule has 0 saturated carbocycles. The minimum atomic E-state index is -2.31. The van der Waals surface area contributed by atoms with Crippen LogP contribution in [0.5, 0.6) is 5.75 Å². The molecule has 7 nitrogen and oxygen atoms in total. The molecule has 1 amide bonds. The Bertz CT molecular complexity index is 918. The van der Waals surface area contributed by atoms with Gasteiger partial charge in [-0.1, -0.05) is 60.1 Å². The molecule has 1 aromatic carbocycles. The van der Waals surface area contributed by atoms with Crippen molar-refractivity contribution in [2.24, 2.45) is 5.92 Å². The Labute approximate surface area is 237 Å². The first-order valence-corrected chi connectivity index (χ1v) is 16.7. The Morgan fingerprint density at radius 3 is 2.03 bits per heavy atom. The zero-order chi connectivity index (χ0) is 29.7. The van der Waals surface area contributed by atoms with Gasteiger partial charge in [0.2, 0.25) is 8.32 Å². The lowest BCUT2D eigenvalue weighted by atomic mass is 9.87. The second-order valence-electron chi connectivity index (χ2n) is 13.1. The molecule has 0 aromatic heterocycles. The number of rotatable bonds is 9. The van der Waals surface area contributed by atoms with Crippen LogP contribution in [0, 0.1) is 5.92 Å². The minimum Gasteiger partial charge on any atom is -0.497 e. The van der Waals surface area contributed by atoms with Crippen LogP contribution in [0.25, 0.3) is 0 Å². The molecule has 1 heterocycles. The zero-order valence-electron chi connectivity index (χ0n) is 26.1. The number of esters is 1. The fourth-order valence-corrected chi connectivity index (χ4v) is 12.5. The van der Waals surface area contributed by atoms with Crippen molar-refractivity contribution >= 4 is 20.4 Å². The first kappa shape index (κ1) is 33.1. The molecule has 1 aromatic rings. The molecule has 2 rings (SSSR count). The van der Waals surface area contributed by atoms with Crippen LogP contribution in [-0.2, 0) is 20.4 Å². The van der Waals surface area contributed by atoms with Crippen LogP contribution in [-0.4, -0.2) is 61.3 Å². The third-order valence-corrected chi connectivity index (χ3v) is 14.6. The summed E-state index contributed by atoms with van der Waals surface area (Å²) >= 11 is 0. The predicted octanol–water partition coefficient (Wildman–Crippen LogP) is 7.68. The fraction of sp³-hybridized carbons (Fsp3) is 0.742. The van der Waals surface area contributed by atoms with Gasteiger partial charge >= 0.3 is 12.1 Å². The van der Waals surface area contributed by atoms with E-state index in [1.54, 1.807) is 7.11 Å². The largest absolute Gasteiger partial charge is 0.497 e. The number of ether oxygens (including phenoxy) is 2. The van der Waals surface area contributed by atoms with Crippen molar-refractivity contribution in [1.82, 2.24) is 4.90 Å². The topological polar surface area (TPSA) is 85.3 Å². The maximum absolute atomic E-state index is 13.6. The molecule has 1 aliphatic heterocycles. The molecule has 4 atom stereocenters. The molecule has 1 aliphatic rings. The molecule has 0 spiro atoms. The summed E-state index contributed by atoms with van der Waals surface area (Å²) in [6, 6.07) is 7.28. The van der Waals surface area contributed by atoms with Crippen LogP contribution < -0.4 is 4.74 Å². The number of hydrogen-bond acceptors (Lipinski definition) is 5. The van der Waals surface area contributed by atoms with Crippen molar-refractivity contribution in [3.63, 3.8) is 0 Å².